The molecule has 2 heteroatoms. The zero-order chi connectivity index (χ0) is 6.69. The Morgan fingerprint density at radius 1 is 1.22 bits per heavy atom. The first-order valence-corrected chi connectivity index (χ1v) is 4.54. The molecule has 1 rings (SSSR count). The average molecular weight is 192 g/mol. The van der Waals surface area contributed by atoms with Crippen molar-refractivity contribution in [2.24, 2.45) is 0 Å². The Balaban J connectivity index is 2.23. The van der Waals surface area contributed by atoms with Gasteiger partial charge < -0.3 is 4.90 Å². The SMILES string of the molecule is [CH2-]C(Br)[NH+]1CCCCC1. The van der Waals surface area contributed by atoms with E-state index in [1.54, 1.807) is 4.90 Å². The highest BCUT2D eigenvalue weighted by Crippen LogP contribution is 1.97. The predicted molar refractivity (Wildman–Crippen MR) is 42.6 cm³/mol. The molecule has 1 heterocycles. The summed E-state index contributed by atoms with van der Waals surface area (Å²) in [5, 5.41) is 0. The molecule has 1 unspecified atom stereocenters. The zero-order valence-corrected chi connectivity index (χ0v) is 7.28. The summed E-state index contributed by atoms with van der Waals surface area (Å²) in [4.78, 5) is 2.03. The van der Waals surface area contributed by atoms with Gasteiger partial charge in [0.05, 0.1) is 13.1 Å². The summed E-state index contributed by atoms with van der Waals surface area (Å²) in [5.41, 5.74) is 0. The molecule has 0 bridgehead atoms. The molecule has 0 aromatic carbocycles. The Bertz CT molecular complexity index is 77.0. The Kier molecular flexibility index (Phi) is 2.99. The van der Waals surface area contributed by atoms with Crippen LogP contribution in [0.3, 0.4) is 0 Å². The number of hydrogen-bond donors (Lipinski definition) is 1. The van der Waals surface area contributed by atoms with Crippen molar-refractivity contribution in [1.29, 1.82) is 0 Å². The van der Waals surface area contributed by atoms with Crippen LogP contribution in [0.5, 0.6) is 0 Å². The summed E-state index contributed by atoms with van der Waals surface area (Å²) < 4.78 is 0. The van der Waals surface area contributed by atoms with Crippen LogP contribution in [0.4, 0.5) is 0 Å². The lowest BCUT2D eigenvalue weighted by Gasteiger charge is -2.29. The Morgan fingerprint density at radius 2 is 1.78 bits per heavy atom. The number of likely N-dealkylation sites (tertiary alicyclic amines) is 1. The first kappa shape index (κ1) is 7.55. The van der Waals surface area contributed by atoms with E-state index in [1.165, 1.54) is 32.4 Å². The fourth-order valence-electron chi connectivity index (χ4n) is 1.32. The van der Waals surface area contributed by atoms with Gasteiger partial charge in [0.25, 0.3) is 0 Å². The van der Waals surface area contributed by atoms with Gasteiger partial charge in [-0.05, 0) is 19.3 Å². The van der Waals surface area contributed by atoms with E-state index in [1.807, 2.05) is 0 Å². The van der Waals surface area contributed by atoms with Crippen LogP contribution in [-0.4, -0.2) is 18.0 Å². The topological polar surface area (TPSA) is 4.44 Å². The van der Waals surface area contributed by atoms with E-state index in [0.29, 0.717) is 4.95 Å². The molecule has 0 amide bonds. The molecule has 0 aromatic rings. The summed E-state index contributed by atoms with van der Waals surface area (Å²) in [6.45, 7) is 6.55. The van der Waals surface area contributed by atoms with Gasteiger partial charge in [0.2, 0.25) is 0 Å². The van der Waals surface area contributed by atoms with Crippen LogP contribution in [0.15, 0.2) is 0 Å². The third kappa shape index (κ3) is 2.26. The second kappa shape index (κ2) is 3.57. The first-order valence-electron chi connectivity index (χ1n) is 3.62. The number of hydrogen-bond acceptors (Lipinski definition) is 0. The Hall–Kier alpha value is 0.440. The molecule has 0 aromatic heterocycles. The number of halogens is 1. The van der Waals surface area contributed by atoms with Crippen molar-refractivity contribution in [1.82, 2.24) is 0 Å². The normalized spacial score (nSPS) is 26.0. The minimum Gasteiger partial charge on any atom is -0.349 e. The molecular weight excluding hydrogens is 178 g/mol. The predicted octanol–water partition coefficient (Wildman–Crippen LogP) is 0.610. The van der Waals surface area contributed by atoms with E-state index in [2.05, 4.69) is 22.9 Å². The molecule has 0 saturated carbocycles. The van der Waals surface area contributed by atoms with Gasteiger partial charge >= 0.3 is 0 Å². The summed E-state index contributed by atoms with van der Waals surface area (Å²) in [5.74, 6) is 0. The summed E-state index contributed by atoms with van der Waals surface area (Å²) in [6, 6.07) is 0. The molecular formula is C7H14BrN. The lowest BCUT2D eigenvalue weighted by Crippen LogP contribution is -3.15. The van der Waals surface area contributed by atoms with Gasteiger partial charge in [0.1, 0.15) is 0 Å². The average Bonchev–Trinajstić information content (AvgIpc) is 1.90. The van der Waals surface area contributed by atoms with E-state index in [-0.39, 0.29) is 0 Å². The third-order valence-electron chi connectivity index (χ3n) is 1.94. The standard InChI is InChI=1S/C7H13BrN/c1-7(8)9-5-3-2-4-6-9/h7H,1-6H2/q-1/p+1. The van der Waals surface area contributed by atoms with E-state index in [9.17, 15) is 0 Å². The number of piperidine rings is 1. The fraction of sp³-hybridized carbons (Fsp3) is 0.857. The number of alkyl halides is 1. The second-order valence-electron chi connectivity index (χ2n) is 2.69. The van der Waals surface area contributed by atoms with Crippen LogP contribution in [-0.2, 0) is 0 Å². The molecule has 0 aliphatic carbocycles. The van der Waals surface area contributed by atoms with Crippen LogP contribution in [0, 0.1) is 6.92 Å². The van der Waals surface area contributed by atoms with Crippen LogP contribution < -0.4 is 4.90 Å². The maximum atomic E-state index is 3.94. The molecule has 1 saturated heterocycles. The maximum absolute atomic E-state index is 3.94. The van der Waals surface area contributed by atoms with Gasteiger partial charge in [0, 0.05) is 4.95 Å². The molecule has 9 heavy (non-hydrogen) atoms. The van der Waals surface area contributed by atoms with Gasteiger partial charge in [-0.1, -0.05) is 15.9 Å². The number of nitrogens with one attached hydrogen (secondary N) is 1. The lowest BCUT2D eigenvalue weighted by atomic mass is 10.1. The van der Waals surface area contributed by atoms with Crippen molar-refractivity contribution < 1.29 is 4.90 Å². The van der Waals surface area contributed by atoms with Crippen molar-refractivity contribution in [3.8, 4) is 0 Å². The quantitative estimate of drug-likeness (QED) is 0.352. The van der Waals surface area contributed by atoms with Crippen molar-refractivity contribution in [2.45, 2.75) is 24.2 Å². The lowest BCUT2D eigenvalue weighted by molar-refractivity contribution is -0.907. The monoisotopic (exact) mass is 191 g/mol. The van der Waals surface area contributed by atoms with E-state index in [0.717, 1.165) is 0 Å². The fourth-order valence-corrected chi connectivity index (χ4v) is 1.78. The molecule has 54 valence electrons. The van der Waals surface area contributed by atoms with E-state index in [4.69, 9.17) is 0 Å². The first-order chi connectivity index (χ1) is 4.30. The van der Waals surface area contributed by atoms with Gasteiger partial charge in [-0.15, -0.1) is 0 Å². The van der Waals surface area contributed by atoms with Gasteiger partial charge in [0.15, 0.2) is 0 Å². The molecule has 0 spiro atoms. The van der Waals surface area contributed by atoms with E-state index >= 15 is 0 Å². The van der Waals surface area contributed by atoms with Gasteiger partial charge in [-0.3, -0.25) is 6.92 Å². The van der Waals surface area contributed by atoms with Crippen molar-refractivity contribution >= 4 is 15.9 Å². The summed E-state index contributed by atoms with van der Waals surface area (Å²) in [6.07, 6.45) is 4.18. The number of quaternary nitrogens is 1. The number of rotatable bonds is 1. The van der Waals surface area contributed by atoms with Crippen LogP contribution in [0.2, 0.25) is 0 Å². The molecule has 1 aliphatic rings. The van der Waals surface area contributed by atoms with Crippen LogP contribution >= 0.6 is 15.9 Å². The molecule has 1 aliphatic heterocycles. The minimum atomic E-state index is 0.415. The highest BCUT2D eigenvalue weighted by atomic mass is 79.9. The zero-order valence-electron chi connectivity index (χ0n) is 5.70. The molecule has 1 N–H and O–H groups in total. The third-order valence-corrected chi connectivity index (χ3v) is 2.59. The van der Waals surface area contributed by atoms with Gasteiger partial charge in [-0.2, -0.15) is 0 Å². The van der Waals surface area contributed by atoms with Crippen molar-refractivity contribution in [2.75, 3.05) is 13.1 Å². The molecule has 0 radical (unpaired) electrons. The van der Waals surface area contributed by atoms with Crippen LogP contribution in [0.25, 0.3) is 0 Å². The smallest absolute Gasteiger partial charge is 0.0759 e. The van der Waals surface area contributed by atoms with Gasteiger partial charge in [-0.25, -0.2) is 0 Å². The molecule has 1 nitrogen and oxygen atoms in total. The Labute approximate surface area is 65.6 Å². The Morgan fingerprint density at radius 3 is 2.11 bits per heavy atom. The molecule has 1 atom stereocenters. The minimum absolute atomic E-state index is 0.415. The van der Waals surface area contributed by atoms with Crippen molar-refractivity contribution in [3.05, 3.63) is 6.92 Å². The highest BCUT2D eigenvalue weighted by Gasteiger charge is 2.13. The van der Waals surface area contributed by atoms with E-state index < -0.39 is 0 Å². The summed E-state index contributed by atoms with van der Waals surface area (Å²) >= 11 is 3.49. The van der Waals surface area contributed by atoms with Crippen LogP contribution in [0.1, 0.15) is 19.3 Å². The molecule has 1 fully saturated rings. The maximum Gasteiger partial charge on any atom is 0.0759 e. The largest absolute Gasteiger partial charge is 0.349 e. The summed E-state index contributed by atoms with van der Waals surface area (Å²) in [7, 11) is 0. The highest BCUT2D eigenvalue weighted by molar-refractivity contribution is 9.09. The second-order valence-corrected chi connectivity index (χ2v) is 3.79. The van der Waals surface area contributed by atoms with Crippen molar-refractivity contribution in [3.63, 3.8) is 0 Å².